The van der Waals surface area contributed by atoms with Crippen LogP contribution in [0.3, 0.4) is 0 Å². The van der Waals surface area contributed by atoms with Crippen molar-refractivity contribution in [2.45, 2.75) is 24.8 Å². The third-order valence-electron chi connectivity index (χ3n) is 5.55. The van der Waals surface area contributed by atoms with Gasteiger partial charge in [0.15, 0.2) is 0 Å². The Balaban J connectivity index is 1.65. The minimum Gasteiger partial charge on any atom is -0.379 e. The van der Waals surface area contributed by atoms with E-state index in [-0.39, 0.29) is 0 Å². The zero-order valence-electron chi connectivity index (χ0n) is 9.30. The Bertz CT molecular complexity index is 285. The number of nitrogens with zero attached hydrogens (tertiary/aromatic N) is 1. The number of ether oxygens (including phenoxy) is 1. The lowest BCUT2D eigenvalue weighted by Crippen LogP contribution is -2.50. The van der Waals surface area contributed by atoms with Crippen LogP contribution in [0, 0.1) is 11.3 Å². The smallest absolute Gasteiger partial charge is 0.0594 e. The topological polar surface area (TPSA) is 24.5 Å². The Kier molecular flexibility index (Phi) is 1.65. The van der Waals surface area contributed by atoms with Crippen molar-refractivity contribution in [2.24, 2.45) is 11.3 Å². The van der Waals surface area contributed by atoms with Crippen LogP contribution < -0.4 is 5.32 Å². The highest BCUT2D eigenvalue weighted by atomic mass is 16.5. The molecule has 2 aliphatic carbocycles. The zero-order valence-corrected chi connectivity index (χ0v) is 9.30. The molecule has 4 rings (SSSR count). The Morgan fingerprint density at radius 3 is 2.87 bits per heavy atom. The summed E-state index contributed by atoms with van der Waals surface area (Å²) < 4.78 is 5.48. The summed E-state index contributed by atoms with van der Waals surface area (Å²) in [7, 11) is 0. The van der Waals surface area contributed by atoms with Crippen molar-refractivity contribution in [2.75, 3.05) is 39.4 Å². The Labute approximate surface area is 91.2 Å². The summed E-state index contributed by atoms with van der Waals surface area (Å²) in [6.45, 7) is 6.77. The molecule has 0 aromatic carbocycles. The normalized spacial score (nSPS) is 54.0. The van der Waals surface area contributed by atoms with E-state index < -0.39 is 0 Å². The van der Waals surface area contributed by atoms with Crippen LogP contribution in [0.5, 0.6) is 0 Å². The molecule has 84 valence electrons. The summed E-state index contributed by atoms with van der Waals surface area (Å²) in [6.07, 6.45) is 4.43. The number of nitrogens with one attached hydrogen (secondary N) is 1. The van der Waals surface area contributed by atoms with Gasteiger partial charge in [-0.15, -0.1) is 0 Å². The van der Waals surface area contributed by atoms with Crippen LogP contribution in [-0.2, 0) is 4.74 Å². The van der Waals surface area contributed by atoms with E-state index in [9.17, 15) is 0 Å². The molecule has 0 bridgehead atoms. The molecular weight excluding hydrogens is 188 g/mol. The number of fused-ring (bicyclic) bond motifs is 1. The largest absolute Gasteiger partial charge is 0.379 e. The average molecular weight is 208 g/mol. The van der Waals surface area contributed by atoms with E-state index in [1.165, 1.54) is 45.4 Å². The maximum atomic E-state index is 5.48. The van der Waals surface area contributed by atoms with Crippen LogP contribution in [0.25, 0.3) is 0 Å². The van der Waals surface area contributed by atoms with Gasteiger partial charge in [0.25, 0.3) is 0 Å². The molecule has 1 spiro atoms. The molecule has 0 amide bonds. The van der Waals surface area contributed by atoms with Crippen molar-refractivity contribution in [3.05, 3.63) is 0 Å². The fourth-order valence-corrected chi connectivity index (χ4v) is 5.02. The number of morpholine rings is 1. The quantitative estimate of drug-likeness (QED) is 0.677. The molecule has 0 radical (unpaired) electrons. The SMILES string of the molecule is C1CC2C3(C1)CNCC23N1CCOCC1. The highest BCUT2D eigenvalue weighted by Crippen LogP contribution is 2.74. The molecule has 2 saturated carbocycles. The molecule has 2 heterocycles. The monoisotopic (exact) mass is 208 g/mol. The van der Waals surface area contributed by atoms with E-state index in [0.717, 1.165) is 19.1 Å². The third-order valence-corrected chi connectivity index (χ3v) is 5.55. The zero-order chi connectivity index (χ0) is 9.93. The van der Waals surface area contributed by atoms with Crippen LogP contribution in [0.4, 0.5) is 0 Å². The number of piperidine rings is 1. The van der Waals surface area contributed by atoms with Gasteiger partial charge in [-0.1, -0.05) is 6.42 Å². The fourth-order valence-electron chi connectivity index (χ4n) is 5.02. The van der Waals surface area contributed by atoms with Gasteiger partial charge < -0.3 is 10.1 Å². The van der Waals surface area contributed by atoms with Gasteiger partial charge in [-0.3, -0.25) is 4.90 Å². The van der Waals surface area contributed by atoms with Crippen molar-refractivity contribution in [1.29, 1.82) is 0 Å². The fraction of sp³-hybridized carbons (Fsp3) is 1.00. The number of hydrogen-bond acceptors (Lipinski definition) is 3. The first-order valence-electron chi connectivity index (χ1n) is 6.44. The molecule has 2 aliphatic heterocycles. The van der Waals surface area contributed by atoms with E-state index in [0.29, 0.717) is 11.0 Å². The van der Waals surface area contributed by atoms with Gasteiger partial charge in [0, 0.05) is 37.1 Å². The van der Waals surface area contributed by atoms with Crippen LogP contribution in [0.1, 0.15) is 19.3 Å². The lowest BCUT2D eigenvalue weighted by Gasteiger charge is -2.37. The second-order valence-corrected chi connectivity index (χ2v) is 5.73. The maximum Gasteiger partial charge on any atom is 0.0594 e. The maximum absolute atomic E-state index is 5.48. The highest BCUT2D eigenvalue weighted by molar-refractivity contribution is 5.35. The van der Waals surface area contributed by atoms with Gasteiger partial charge in [0.1, 0.15) is 0 Å². The molecular formula is C12H20N2O. The van der Waals surface area contributed by atoms with Crippen molar-refractivity contribution < 1.29 is 4.74 Å². The standard InChI is InChI=1S/C12H20N2O/c1-2-10-11(3-1)8-13-9-12(10,11)14-4-6-15-7-5-14/h10,13H,1-9H2. The van der Waals surface area contributed by atoms with Crippen LogP contribution in [0.2, 0.25) is 0 Å². The van der Waals surface area contributed by atoms with E-state index in [1.54, 1.807) is 0 Å². The summed E-state index contributed by atoms with van der Waals surface area (Å²) in [5.74, 6) is 1.02. The first-order chi connectivity index (χ1) is 7.40. The summed E-state index contributed by atoms with van der Waals surface area (Å²) in [5, 5.41) is 3.64. The number of rotatable bonds is 1. The lowest BCUT2D eigenvalue weighted by atomic mass is 9.96. The Morgan fingerprint density at radius 1 is 1.20 bits per heavy atom. The second kappa shape index (κ2) is 2.76. The van der Waals surface area contributed by atoms with E-state index in [1.807, 2.05) is 0 Å². The average Bonchev–Trinajstić information content (AvgIpc) is 2.70. The molecule has 4 aliphatic rings. The van der Waals surface area contributed by atoms with Crippen molar-refractivity contribution >= 4 is 0 Å². The van der Waals surface area contributed by atoms with Crippen molar-refractivity contribution in [3.8, 4) is 0 Å². The number of hydrogen-bond donors (Lipinski definition) is 1. The Hall–Kier alpha value is -0.120. The van der Waals surface area contributed by atoms with Crippen molar-refractivity contribution in [1.82, 2.24) is 10.2 Å². The van der Waals surface area contributed by atoms with Gasteiger partial charge in [-0.2, -0.15) is 0 Å². The molecule has 2 saturated heterocycles. The molecule has 0 aromatic rings. The molecule has 1 N–H and O–H groups in total. The van der Waals surface area contributed by atoms with E-state index in [4.69, 9.17) is 4.74 Å². The summed E-state index contributed by atoms with van der Waals surface area (Å²) in [4.78, 5) is 2.75. The first kappa shape index (κ1) is 8.97. The van der Waals surface area contributed by atoms with Gasteiger partial charge in [-0.05, 0) is 18.8 Å². The third kappa shape index (κ3) is 0.855. The van der Waals surface area contributed by atoms with E-state index in [2.05, 4.69) is 10.2 Å². The van der Waals surface area contributed by atoms with Crippen LogP contribution in [-0.4, -0.2) is 49.8 Å². The van der Waals surface area contributed by atoms with Crippen molar-refractivity contribution in [3.63, 3.8) is 0 Å². The lowest BCUT2D eigenvalue weighted by molar-refractivity contribution is 0.000130. The highest BCUT2D eigenvalue weighted by Gasteiger charge is 2.81. The molecule has 3 heteroatoms. The predicted octanol–water partition coefficient (Wildman–Crippen LogP) is 0.461. The summed E-state index contributed by atoms with van der Waals surface area (Å²) in [5.41, 5.74) is 1.25. The molecule has 3 nitrogen and oxygen atoms in total. The second-order valence-electron chi connectivity index (χ2n) is 5.73. The molecule has 15 heavy (non-hydrogen) atoms. The van der Waals surface area contributed by atoms with Gasteiger partial charge >= 0.3 is 0 Å². The van der Waals surface area contributed by atoms with Gasteiger partial charge in [-0.25, -0.2) is 0 Å². The summed E-state index contributed by atoms with van der Waals surface area (Å²) in [6, 6.07) is 0. The van der Waals surface area contributed by atoms with Gasteiger partial charge in [0.05, 0.1) is 13.2 Å². The van der Waals surface area contributed by atoms with Gasteiger partial charge in [0.2, 0.25) is 0 Å². The van der Waals surface area contributed by atoms with E-state index >= 15 is 0 Å². The summed E-state index contributed by atoms with van der Waals surface area (Å²) >= 11 is 0. The Morgan fingerprint density at radius 2 is 2.07 bits per heavy atom. The molecule has 4 fully saturated rings. The minimum atomic E-state index is 0.565. The predicted molar refractivity (Wildman–Crippen MR) is 57.8 cm³/mol. The first-order valence-corrected chi connectivity index (χ1v) is 6.44. The molecule has 0 aromatic heterocycles. The molecule has 3 unspecified atom stereocenters. The van der Waals surface area contributed by atoms with Crippen LogP contribution in [0.15, 0.2) is 0 Å². The minimum absolute atomic E-state index is 0.565. The van der Waals surface area contributed by atoms with Crippen LogP contribution >= 0.6 is 0 Å². The molecule has 3 atom stereocenters.